The number of thioether (sulfide) groups is 1. The van der Waals surface area contributed by atoms with Crippen LogP contribution in [0.3, 0.4) is 0 Å². The molecule has 0 bridgehead atoms. The van der Waals surface area contributed by atoms with Crippen LogP contribution in [0.4, 0.5) is 0 Å². The van der Waals surface area contributed by atoms with Gasteiger partial charge in [0.2, 0.25) is 0 Å². The van der Waals surface area contributed by atoms with Gasteiger partial charge >= 0.3 is 0 Å². The van der Waals surface area contributed by atoms with Gasteiger partial charge in [-0.15, -0.1) is 11.6 Å². The molecule has 1 aliphatic rings. The van der Waals surface area contributed by atoms with E-state index in [2.05, 4.69) is 31.2 Å². The normalized spacial score (nSPS) is 22.8. The molecule has 0 nitrogen and oxygen atoms in total. The maximum Gasteiger partial charge on any atom is 0.0320 e. The molecule has 2 rings (SSSR count). The topological polar surface area (TPSA) is 0 Å². The van der Waals surface area contributed by atoms with E-state index in [-0.39, 0.29) is 5.41 Å². The second-order valence-electron chi connectivity index (χ2n) is 5.23. The highest BCUT2D eigenvalue weighted by atomic mass is 35.5. The van der Waals surface area contributed by atoms with E-state index in [0.717, 1.165) is 5.88 Å². The lowest BCUT2D eigenvalue weighted by atomic mass is 9.69. The maximum atomic E-state index is 6.37. The summed E-state index contributed by atoms with van der Waals surface area (Å²) in [6.07, 6.45) is 6.34. The van der Waals surface area contributed by atoms with E-state index in [9.17, 15) is 0 Å². The van der Waals surface area contributed by atoms with Crippen molar-refractivity contribution in [3.8, 4) is 0 Å². The number of rotatable bonds is 6. The smallest absolute Gasteiger partial charge is 0.0320 e. The Kier molecular flexibility index (Phi) is 5.44. The fourth-order valence-electron chi connectivity index (χ4n) is 3.13. The molecule has 1 aliphatic carbocycles. The van der Waals surface area contributed by atoms with Gasteiger partial charge in [-0.3, -0.25) is 0 Å². The van der Waals surface area contributed by atoms with Crippen LogP contribution >= 0.6 is 23.4 Å². The van der Waals surface area contributed by atoms with Crippen LogP contribution in [-0.2, 0) is 11.8 Å². The number of halogens is 1. The molecule has 0 N–H and O–H groups in total. The molecular weight excluding hydrogens is 260 g/mol. The van der Waals surface area contributed by atoms with Crippen LogP contribution < -0.4 is 0 Å². The number of alkyl halides is 1. The lowest BCUT2D eigenvalue weighted by Gasteiger charge is -2.38. The molecule has 0 radical (unpaired) electrons. The Morgan fingerprint density at radius 3 is 2.94 bits per heavy atom. The first-order valence-corrected chi connectivity index (χ1v) is 8.73. The van der Waals surface area contributed by atoms with Gasteiger partial charge in [0.15, 0.2) is 0 Å². The molecule has 100 valence electrons. The third-order valence-electron chi connectivity index (χ3n) is 4.09. The summed E-state index contributed by atoms with van der Waals surface area (Å²) >= 11 is 8.41. The monoisotopic (exact) mass is 282 g/mol. The van der Waals surface area contributed by atoms with Gasteiger partial charge in [0, 0.05) is 11.3 Å². The van der Waals surface area contributed by atoms with E-state index in [0.29, 0.717) is 0 Å². The summed E-state index contributed by atoms with van der Waals surface area (Å²) < 4.78 is 0. The minimum atomic E-state index is 0.255. The lowest BCUT2D eigenvalue weighted by Crippen LogP contribution is -2.33. The fourth-order valence-corrected chi connectivity index (χ4v) is 4.18. The van der Waals surface area contributed by atoms with Gasteiger partial charge in [-0.25, -0.2) is 0 Å². The first kappa shape index (κ1) is 14.3. The molecule has 18 heavy (non-hydrogen) atoms. The van der Waals surface area contributed by atoms with Crippen LogP contribution in [0.25, 0.3) is 0 Å². The number of aryl methyl sites for hydroxylation is 1. The average Bonchev–Trinajstić information content (AvgIpc) is 2.44. The van der Waals surface area contributed by atoms with Gasteiger partial charge in [-0.2, -0.15) is 11.8 Å². The highest BCUT2D eigenvalue weighted by Gasteiger charge is 2.34. The SMILES string of the molecule is CCSCCCC1(CCl)CCCc2ccccc21. The zero-order valence-corrected chi connectivity index (χ0v) is 12.8. The van der Waals surface area contributed by atoms with Crippen molar-refractivity contribution in [1.82, 2.24) is 0 Å². The van der Waals surface area contributed by atoms with Gasteiger partial charge in [0.25, 0.3) is 0 Å². The first-order valence-electron chi connectivity index (χ1n) is 7.04. The van der Waals surface area contributed by atoms with E-state index < -0.39 is 0 Å². The van der Waals surface area contributed by atoms with E-state index in [1.165, 1.54) is 54.7 Å². The van der Waals surface area contributed by atoms with E-state index >= 15 is 0 Å². The van der Waals surface area contributed by atoms with Crippen LogP contribution in [0, 0.1) is 0 Å². The van der Waals surface area contributed by atoms with Crippen LogP contribution in [0.1, 0.15) is 43.7 Å². The van der Waals surface area contributed by atoms with Gasteiger partial charge < -0.3 is 0 Å². The van der Waals surface area contributed by atoms with Crippen LogP contribution in [-0.4, -0.2) is 17.4 Å². The van der Waals surface area contributed by atoms with Crippen LogP contribution in [0.5, 0.6) is 0 Å². The van der Waals surface area contributed by atoms with Gasteiger partial charge in [0.05, 0.1) is 0 Å². The highest BCUT2D eigenvalue weighted by Crippen LogP contribution is 2.41. The molecule has 0 aromatic heterocycles. The molecule has 0 heterocycles. The zero-order valence-electron chi connectivity index (χ0n) is 11.3. The molecule has 0 saturated heterocycles. The van der Waals surface area contributed by atoms with Crippen LogP contribution in [0.15, 0.2) is 24.3 Å². The summed E-state index contributed by atoms with van der Waals surface area (Å²) in [6.45, 7) is 2.23. The number of hydrogen-bond acceptors (Lipinski definition) is 1. The Balaban J connectivity index is 2.12. The van der Waals surface area contributed by atoms with E-state index in [1.54, 1.807) is 0 Å². The summed E-state index contributed by atoms with van der Waals surface area (Å²) in [5, 5.41) is 0. The first-order chi connectivity index (χ1) is 8.82. The Hall–Kier alpha value is -0.140. The summed E-state index contributed by atoms with van der Waals surface area (Å²) in [6, 6.07) is 8.93. The quantitative estimate of drug-likeness (QED) is 0.521. The van der Waals surface area contributed by atoms with Crippen molar-refractivity contribution in [1.29, 1.82) is 0 Å². The van der Waals surface area contributed by atoms with Crippen LogP contribution in [0.2, 0.25) is 0 Å². The highest BCUT2D eigenvalue weighted by molar-refractivity contribution is 7.99. The second-order valence-corrected chi connectivity index (χ2v) is 6.89. The summed E-state index contributed by atoms with van der Waals surface area (Å²) in [5.74, 6) is 3.28. The maximum absolute atomic E-state index is 6.37. The largest absolute Gasteiger partial charge is 0.162 e. The molecule has 0 amide bonds. The van der Waals surface area contributed by atoms with Crippen molar-refractivity contribution in [3.63, 3.8) is 0 Å². The van der Waals surface area contributed by atoms with Crippen molar-refractivity contribution in [2.24, 2.45) is 0 Å². The fraction of sp³-hybridized carbons (Fsp3) is 0.625. The van der Waals surface area contributed by atoms with Crippen molar-refractivity contribution in [2.45, 2.75) is 44.4 Å². The zero-order chi connectivity index (χ0) is 12.8. The Labute approximate surface area is 121 Å². The van der Waals surface area contributed by atoms with Crippen molar-refractivity contribution >= 4 is 23.4 Å². The van der Waals surface area contributed by atoms with Gasteiger partial charge in [0.1, 0.15) is 0 Å². The van der Waals surface area contributed by atoms with Crippen molar-refractivity contribution in [3.05, 3.63) is 35.4 Å². The number of benzene rings is 1. The predicted octanol–water partition coefficient (Wildman–Crippen LogP) is 5.03. The minimum Gasteiger partial charge on any atom is -0.162 e. The molecule has 0 spiro atoms. The average molecular weight is 283 g/mol. The Morgan fingerprint density at radius 1 is 1.33 bits per heavy atom. The third-order valence-corrected chi connectivity index (χ3v) is 5.59. The summed E-state index contributed by atoms with van der Waals surface area (Å²) in [7, 11) is 0. The summed E-state index contributed by atoms with van der Waals surface area (Å²) in [5.41, 5.74) is 3.32. The second kappa shape index (κ2) is 6.86. The Bertz CT molecular complexity index is 377. The molecular formula is C16H23ClS. The van der Waals surface area contributed by atoms with Gasteiger partial charge in [-0.05, 0) is 54.7 Å². The molecule has 1 aromatic carbocycles. The van der Waals surface area contributed by atoms with E-state index in [4.69, 9.17) is 11.6 Å². The van der Waals surface area contributed by atoms with Crippen molar-refractivity contribution < 1.29 is 0 Å². The minimum absolute atomic E-state index is 0.255. The molecule has 0 aliphatic heterocycles. The summed E-state index contributed by atoms with van der Waals surface area (Å²) in [4.78, 5) is 0. The molecule has 1 unspecified atom stereocenters. The number of fused-ring (bicyclic) bond motifs is 1. The van der Waals surface area contributed by atoms with Gasteiger partial charge in [-0.1, -0.05) is 31.2 Å². The Morgan fingerprint density at radius 2 is 2.17 bits per heavy atom. The molecule has 0 fully saturated rings. The molecule has 0 saturated carbocycles. The predicted molar refractivity (Wildman–Crippen MR) is 84.0 cm³/mol. The number of hydrogen-bond donors (Lipinski definition) is 0. The lowest BCUT2D eigenvalue weighted by molar-refractivity contribution is 0.369. The molecule has 2 heteroatoms. The third kappa shape index (κ3) is 3.05. The standard InChI is InChI=1S/C16H23ClS/c1-2-18-12-6-11-16(13-17)10-5-8-14-7-3-4-9-15(14)16/h3-4,7,9H,2,5-6,8,10-13H2,1H3. The van der Waals surface area contributed by atoms with E-state index in [1.807, 2.05) is 11.8 Å². The molecule has 1 aromatic rings. The van der Waals surface area contributed by atoms with Crippen molar-refractivity contribution in [2.75, 3.05) is 17.4 Å². The molecule has 1 atom stereocenters.